The van der Waals surface area contributed by atoms with Gasteiger partial charge in [0.15, 0.2) is 5.69 Å². The number of fused-ring (bicyclic) bond motifs is 1. The fraction of sp³-hybridized carbons (Fsp3) is 0.312. The number of imidazole rings is 1. The van der Waals surface area contributed by atoms with Gasteiger partial charge in [-0.05, 0) is 25.0 Å². The number of hydrogen-bond acceptors (Lipinski definition) is 4. The Hall–Kier alpha value is -2.83. The Kier molecular flexibility index (Phi) is 3.77. The molecule has 2 heterocycles. The molecular weight excluding hydrogens is 300 g/mol. The van der Waals surface area contributed by atoms with E-state index in [9.17, 15) is 19.8 Å². The minimum absolute atomic E-state index is 0.0188. The van der Waals surface area contributed by atoms with Crippen molar-refractivity contribution in [2.24, 2.45) is 5.92 Å². The van der Waals surface area contributed by atoms with Crippen LogP contribution in [0.4, 0.5) is 0 Å². The van der Waals surface area contributed by atoms with Gasteiger partial charge in [-0.25, -0.2) is 9.78 Å². The van der Waals surface area contributed by atoms with Gasteiger partial charge in [-0.1, -0.05) is 12.1 Å². The highest BCUT2D eigenvalue weighted by atomic mass is 16.5. The number of hydrogen-bond donors (Lipinski definition) is 2. The van der Waals surface area contributed by atoms with Crippen molar-refractivity contribution in [3.8, 4) is 17.1 Å². The van der Waals surface area contributed by atoms with Crippen molar-refractivity contribution in [1.29, 1.82) is 0 Å². The van der Waals surface area contributed by atoms with Crippen LogP contribution in [0.25, 0.3) is 11.4 Å². The van der Waals surface area contributed by atoms with Crippen LogP contribution in [-0.4, -0.2) is 38.8 Å². The smallest absolute Gasteiger partial charge is 0.356 e. The Morgan fingerprint density at radius 2 is 2.04 bits per heavy atom. The fourth-order valence-corrected chi connectivity index (χ4v) is 2.97. The van der Waals surface area contributed by atoms with Crippen molar-refractivity contribution >= 4 is 11.9 Å². The molecule has 1 atom stereocenters. The first kappa shape index (κ1) is 15.1. The standard InChI is InChI=1S/C16H16N2O5/c1-23-12-5-3-2-4-10(12)14-17-13(16(21)22)11-7-6-9(15(19)20)8-18(11)14/h2-5,9H,6-8H2,1H3,(H,19,20)(H,21,22). The summed E-state index contributed by atoms with van der Waals surface area (Å²) in [5.74, 6) is -1.54. The molecule has 0 bridgehead atoms. The minimum Gasteiger partial charge on any atom is -0.496 e. The zero-order chi connectivity index (χ0) is 16.6. The second-order valence-corrected chi connectivity index (χ2v) is 5.42. The van der Waals surface area contributed by atoms with Gasteiger partial charge in [-0.3, -0.25) is 4.79 Å². The Morgan fingerprint density at radius 1 is 1.30 bits per heavy atom. The predicted molar refractivity (Wildman–Crippen MR) is 80.6 cm³/mol. The van der Waals surface area contributed by atoms with Crippen LogP contribution in [0.2, 0.25) is 0 Å². The first-order valence-electron chi connectivity index (χ1n) is 7.21. The number of aliphatic carboxylic acids is 1. The number of nitrogens with zero attached hydrogens (tertiary/aromatic N) is 2. The summed E-state index contributed by atoms with van der Waals surface area (Å²) in [6.07, 6.45) is 0.785. The molecule has 2 aromatic rings. The van der Waals surface area contributed by atoms with Gasteiger partial charge in [-0.2, -0.15) is 0 Å². The van der Waals surface area contributed by atoms with E-state index in [2.05, 4.69) is 4.98 Å². The molecule has 0 aliphatic carbocycles. The topological polar surface area (TPSA) is 102 Å². The summed E-state index contributed by atoms with van der Waals surface area (Å²) < 4.78 is 7.02. The fourth-order valence-electron chi connectivity index (χ4n) is 2.97. The molecule has 1 aliphatic rings. The van der Waals surface area contributed by atoms with Crippen LogP contribution in [0.15, 0.2) is 24.3 Å². The Labute approximate surface area is 132 Å². The highest BCUT2D eigenvalue weighted by molar-refractivity contribution is 5.88. The molecule has 2 N–H and O–H groups in total. The van der Waals surface area contributed by atoms with Gasteiger partial charge in [0.2, 0.25) is 0 Å². The van der Waals surface area contributed by atoms with Crippen LogP contribution < -0.4 is 4.74 Å². The second kappa shape index (κ2) is 5.75. The first-order valence-corrected chi connectivity index (χ1v) is 7.21. The number of benzene rings is 1. The molecule has 0 amide bonds. The number of methoxy groups -OCH3 is 1. The average Bonchev–Trinajstić information content (AvgIpc) is 2.93. The molecule has 1 unspecified atom stereocenters. The van der Waals surface area contributed by atoms with Crippen molar-refractivity contribution in [2.75, 3.05) is 7.11 Å². The molecule has 7 nitrogen and oxygen atoms in total. The van der Waals surface area contributed by atoms with Crippen LogP contribution in [-0.2, 0) is 17.8 Å². The third-order valence-electron chi connectivity index (χ3n) is 4.10. The number of carboxylic acids is 2. The van der Waals surface area contributed by atoms with Gasteiger partial charge in [0.25, 0.3) is 0 Å². The van der Waals surface area contributed by atoms with Gasteiger partial charge in [0.05, 0.1) is 24.3 Å². The van der Waals surface area contributed by atoms with E-state index in [0.717, 1.165) is 0 Å². The molecule has 3 rings (SSSR count). The number of aromatic nitrogens is 2. The SMILES string of the molecule is COc1ccccc1-c1nc(C(=O)O)c2n1CC(C(=O)O)CC2. The molecule has 120 valence electrons. The van der Waals surface area contributed by atoms with E-state index in [1.54, 1.807) is 28.8 Å². The van der Waals surface area contributed by atoms with E-state index in [-0.39, 0.29) is 12.2 Å². The number of carboxylic acid groups (broad SMARTS) is 2. The van der Waals surface area contributed by atoms with Crippen LogP contribution in [0.1, 0.15) is 22.6 Å². The summed E-state index contributed by atoms with van der Waals surface area (Å²) in [6.45, 7) is 0.207. The van der Waals surface area contributed by atoms with Crippen LogP contribution in [0, 0.1) is 5.92 Å². The lowest BCUT2D eigenvalue weighted by atomic mass is 9.97. The number of rotatable bonds is 4. The van der Waals surface area contributed by atoms with E-state index in [1.165, 1.54) is 7.11 Å². The van der Waals surface area contributed by atoms with E-state index >= 15 is 0 Å². The zero-order valence-corrected chi connectivity index (χ0v) is 12.5. The van der Waals surface area contributed by atoms with E-state index in [0.29, 0.717) is 35.7 Å². The van der Waals surface area contributed by atoms with Crippen molar-refractivity contribution in [1.82, 2.24) is 9.55 Å². The van der Waals surface area contributed by atoms with Crippen molar-refractivity contribution in [2.45, 2.75) is 19.4 Å². The Bertz CT molecular complexity index is 781. The van der Waals surface area contributed by atoms with E-state index < -0.39 is 17.9 Å². The summed E-state index contributed by atoms with van der Waals surface area (Å²) in [7, 11) is 1.52. The summed E-state index contributed by atoms with van der Waals surface area (Å²) in [4.78, 5) is 27.0. The van der Waals surface area contributed by atoms with E-state index in [4.69, 9.17) is 4.74 Å². The zero-order valence-electron chi connectivity index (χ0n) is 12.5. The lowest BCUT2D eigenvalue weighted by Crippen LogP contribution is -2.27. The van der Waals surface area contributed by atoms with Gasteiger partial charge in [0.1, 0.15) is 11.6 Å². The number of carbonyl (C=O) groups is 2. The van der Waals surface area contributed by atoms with Gasteiger partial charge in [0, 0.05) is 6.54 Å². The maximum atomic E-state index is 11.5. The van der Waals surface area contributed by atoms with Crippen molar-refractivity contribution in [3.05, 3.63) is 35.7 Å². The van der Waals surface area contributed by atoms with Crippen LogP contribution in [0.5, 0.6) is 5.75 Å². The number of ether oxygens (including phenoxy) is 1. The largest absolute Gasteiger partial charge is 0.496 e. The molecule has 23 heavy (non-hydrogen) atoms. The maximum Gasteiger partial charge on any atom is 0.356 e. The van der Waals surface area contributed by atoms with Gasteiger partial charge in [-0.15, -0.1) is 0 Å². The van der Waals surface area contributed by atoms with Crippen LogP contribution in [0.3, 0.4) is 0 Å². The Balaban J connectivity index is 2.18. The highest BCUT2D eigenvalue weighted by Crippen LogP contribution is 2.34. The molecule has 1 aliphatic heterocycles. The summed E-state index contributed by atoms with van der Waals surface area (Å²) in [5, 5.41) is 18.6. The molecule has 1 aromatic heterocycles. The van der Waals surface area contributed by atoms with Gasteiger partial charge >= 0.3 is 11.9 Å². The lowest BCUT2D eigenvalue weighted by Gasteiger charge is -2.23. The summed E-state index contributed by atoms with van der Waals surface area (Å²) in [5.41, 5.74) is 1.19. The monoisotopic (exact) mass is 316 g/mol. The lowest BCUT2D eigenvalue weighted by molar-refractivity contribution is -0.142. The molecule has 0 fully saturated rings. The first-order chi connectivity index (χ1) is 11.0. The summed E-state index contributed by atoms with van der Waals surface area (Å²) >= 11 is 0. The predicted octanol–water partition coefficient (Wildman–Crippen LogP) is 1.90. The molecule has 1 aromatic carbocycles. The highest BCUT2D eigenvalue weighted by Gasteiger charge is 2.32. The third kappa shape index (κ3) is 2.54. The Morgan fingerprint density at radius 3 is 2.70 bits per heavy atom. The molecule has 0 saturated carbocycles. The quantitative estimate of drug-likeness (QED) is 0.893. The normalized spacial score (nSPS) is 16.7. The molecule has 0 spiro atoms. The summed E-state index contributed by atoms with van der Waals surface area (Å²) in [6, 6.07) is 7.15. The average molecular weight is 316 g/mol. The third-order valence-corrected chi connectivity index (χ3v) is 4.10. The second-order valence-electron chi connectivity index (χ2n) is 5.42. The van der Waals surface area contributed by atoms with Crippen molar-refractivity contribution in [3.63, 3.8) is 0 Å². The number of para-hydroxylation sites is 1. The van der Waals surface area contributed by atoms with Gasteiger partial charge < -0.3 is 19.5 Å². The molecular formula is C16H16N2O5. The molecule has 0 saturated heterocycles. The minimum atomic E-state index is -1.11. The molecule has 0 radical (unpaired) electrons. The van der Waals surface area contributed by atoms with E-state index in [1.807, 2.05) is 0 Å². The van der Waals surface area contributed by atoms with Crippen molar-refractivity contribution < 1.29 is 24.5 Å². The number of aromatic carboxylic acids is 1. The maximum absolute atomic E-state index is 11.5. The molecule has 7 heteroatoms. The van der Waals surface area contributed by atoms with Crippen LogP contribution >= 0.6 is 0 Å².